The molecule has 2 aromatic rings. The Morgan fingerprint density at radius 3 is 3.00 bits per heavy atom. The molecule has 2 aromatic heterocycles. The van der Waals surface area contributed by atoms with Crippen molar-refractivity contribution in [3.8, 4) is 0 Å². The molecule has 0 bridgehead atoms. The van der Waals surface area contributed by atoms with E-state index >= 15 is 0 Å². The zero-order chi connectivity index (χ0) is 13.3. The standard InChI is InChI=1S/C9H12ClN3O3S2/c1-12(3-5-16-2)18(14,15)8-7(10)11-9-13(8)4-6-17-9/h4,6H,3,5H2,1-2H3. The summed E-state index contributed by atoms with van der Waals surface area (Å²) in [6, 6.07) is 0. The largest absolute Gasteiger partial charge is 0.383 e. The topological polar surface area (TPSA) is 63.9 Å². The lowest BCUT2D eigenvalue weighted by atomic mass is 10.7. The second kappa shape index (κ2) is 5.14. The van der Waals surface area contributed by atoms with Crippen LogP contribution in [0.15, 0.2) is 16.6 Å². The molecule has 6 nitrogen and oxygen atoms in total. The van der Waals surface area contributed by atoms with Crippen molar-refractivity contribution >= 4 is 37.9 Å². The van der Waals surface area contributed by atoms with Crippen molar-refractivity contribution in [2.75, 3.05) is 27.3 Å². The molecule has 9 heteroatoms. The van der Waals surface area contributed by atoms with Gasteiger partial charge in [-0.3, -0.25) is 4.40 Å². The molecule has 0 fully saturated rings. The summed E-state index contributed by atoms with van der Waals surface area (Å²) in [5.41, 5.74) is 0. The Labute approximate surface area is 114 Å². The number of thiazole rings is 1. The average Bonchev–Trinajstić information content (AvgIpc) is 2.84. The Kier molecular flexibility index (Phi) is 3.93. The molecule has 0 aromatic carbocycles. The first kappa shape index (κ1) is 13.8. The highest BCUT2D eigenvalue weighted by Gasteiger charge is 2.28. The highest BCUT2D eigenvalue weighted by molar-refractivity contribution is 7.89. The second-order valence-corrected chi connectivity index (χ2v) is 6.77. The highest BCUT2D eigenvalue weighted by Crippen LogP contribution is 2.27. The van der Waals surface area contributed by atoms with E-state index in [2.05, 4.69) is 4.98 Å². The van der Waals surface area contributed by atoms with Gasteiger partial charge in [-0.1, -0.05) is 11.6 Å². The molecule has 0 unspecified atom stereocenters. The summed E-state index contributed by atoms with van der Waals surface area (Å²) in [5.74, 6) is 0. The van der Waals surface area contributed by atoms with E-state index in [1.165, 1.54) is 34.2 Å². The third-order valence-electron chi connectivity index (χ3n) is 2.44. The molecule has 18 heavy (non-hydrogen) atoms. The Balaban J connectivity index is 2.46. The number of halogens is 1. The molecule has 2 rings (SSSR count). The molecule has 0 spiro atoms. The molecule has 2 heterocycles. The predicted molar refractivity (Wildman–Crippen MR) is 69.8 cm³/mol. The van der Waals surface area contributed by atoms with E-state index in [1.54, 1.807) is 11.6 Å². The summed E-state index contributed by atoms with van der Waals surface area (Å²) < 4.78 is 32.3. The van der Waals surface area contributed by atoms with E-state index in [-0.39, 0.29) is 16.7 Å². The second-order valence-electron chi connectivity index (χ2n) is 3.58. The van der Waals surface area contributed by atoms with Gasteiger partial charge in [-0.25, -0.2) is 13.4 Å². The average molecular weight is 310 g/mol. The molecule has 0 aliphatic heterocycles. The van der Waals surface area contributed by atoms with Crippen LogP contribution in [0.25, 0.3) is 4.96 Å². The van der Waals surface area contributed by atoms with E-state index in [4.69, 9.17) is 16.3 Å². The minimum Gasteiger partial charge on any atom is -0.383 e. The summed E-state index contributed by atoms with van der Waals surface area (Å²) in [5, 5.41) is 1.75. The number of rotatable bonds is 5. The molecular formula is C9H12ClN3O3S2. The van der Waals surface area contributed by atoms with Gasteiger partial charge in [-0.2, -0.15) is 4.31 Å². The molecule has 0 saturated carbocycles. The van der Waals surface area contributed by atoms with E-state index in [0.717, 1.165) is 0 Å². The van der Waals surface area contributed by atoms with Crippen LogP contribution in [0.3, 0.4) is 0 Å². The van der Waals surface area contributed by atoms with Crippen molar-refractivity contribution < 1.29 is 13.2 Å². The van der Waals surface area contributed by atoms with Crippen LogP contribution in [-0.2, 0) is 14.8 Å². The van der Waals surface area contributed by atoms with Gasteiger partial charge >= 0.3 is 0 Å². The quantitative estimate of drug-likeness (QED) is 0.835. The number of fused-ring (bicyclic) bond motifs is 1. The summed E-state index contributed by atoms with van der Waals surface area (Å²) in [6.45, 7) is 0.575. The van der Waals surface area contributed by atoms with Crippen molar-refractivity contribution in [1.29, 1.82) is 0 Å². The summed E-state index contributed by atoms with van der Waals surface area (Å²) in [4.78, 5) is 4.57. The third kappa shape index (κ3) is 2.26. The Hall–Kier alpha value is -0.670. The van der Waals surface area contributed by atoms with Crippen molar-refractivity contribution in [3.63, 3.8) is 0 Å². The molecule has 0 atom stereocenters. The molecule has 0 radical (unpaired) electrons. The molecule has 0 amide bonds. The molecule has 0 aliphatic carbocycles. The summed E-state index contributed by atoms with van der Waals surface area (Å²) in [7, 11) is -0.667. The van der Waals surface area contributed by atoms with Crippen LogP contribution in [-0.4, -0.2) is 49.4 Å². The van der Waals surface area contributed by atoms with Crippen LogP contribution < -0.4 is 0 Å². The lowest BCUT2D eigenvalue weighted by Crippen LogP contribution is -2.31. The first-order valence-corrected chi connectivity index (χ1v) is 7.74. The number of hydrogen-bond acceptors (Lipinski definition) is 5. The smallest absolute Gasteiger partial charge is 0.262 e. The van der Waals surface area contributed by atoms with Crippen LogP contribution in [0.4, 0.5) is 0 Å². The number of aromatic nitrogens is 2. The van der Waals surface area contributed by atoms with E-state index in [9.17, 15) is 8.42 Å². The maximum atomic E-state index is 12.4. The Bertz CT molecular complexity index is 649. The van der Waals surface area contributed by atoms with Crippen LogP contribution in [0, 0.1) is 0 Å². The van der Waals surface area contributed by atoms with Crippen molar-refractivity contribution in [2.24, 2.45) is 0 Å². The lowest BCUT2D eigenvalue weighted by Gasteiger charge is -2.15. The first-order valence-electron chi connectivity index (χ1n) is 5.05. The minimum atomic E-state index is -3.67. The fraction of sp³-hybridized carbons (Fsp3) is 0.444. The van der Waals surface area contributed by atoms with E-state index in [0.29, 0.717) is 11.6 Å². The van der Waals surface area contributed by atoms with Gasteiger partial charge < -0.3 is 4.74 Å². The van der Waals surface area contributed by atoms with Crippen LogP contribution in [0.1, 0.15) is 0 Å². The number of imidazole rings is 1. The normalized spacial score (nSPS) is 12.7. The van der Waals surface area contributed by atoms with Crippen LogP contribution in [0.5, 0.6) is 0 Å². The highest BCUT2D eigenvalue weighted by atomic mass is 35.5. The minimum absolute atomic E-state index is 0.000908. The van der Waals surface area contributed by atoms with Gasteiger partial charge in [0, 0.05) is 32.3 Å². The predicted octanol–water partition coefficient (Wildman–Crippen LogP) is 1.32. The fourth-order valence-electron chi connectivity index (χ4n) is 1.46. The monoisotopic (exact) mass is 309 g/mol. The van der Waals surface area contributed by atoms with Gasteiger partial charge in [0.1, 0.15) is 0 Å². The van der Waals surface area contributed by atoms with Gasteiger partial charge in [0.25, 0.3) is 10.0 Å². The first-order chi connectivity index (χ1) is 8.48. The molecule has 100 valence electrons. The number of likely N-dealkylation sites (N-methyl/N-ethyl adjacent to an activating group) is 1. The van der Waals surface area contributed by atoms with Crippen molar-refractivity contribution in [1.82, 2.24) is 13.7 Å². The third-order valence-corrected chi connectivity index (χ3v) is 5.46. The number of sulfonamides is 1. The van der Waals surface area contributed by atoms with Crippen LogP contribution in [0.2, 0.25) is 5.15 Å². The maximum Gasteiger partial charge on any atom is 0.262 e. The number of nitrogens with zero attached hydrogens (tertiary/aromatic N) is 3. The van der Waals surface area contributed by atoms with Gasteiger partial charge in [-0.05, 0) is 0 Å². The number of hydrogen-bond donors (Lipinski definition) is 0. The van der Waals surface area contributed by atoms with Crippen molar-refractivity contribution in [3.05, 3.63) is 16.7 Å². The SMILES string of the molecule is COCCN(C)S(=O)(=O)c1c(Cl)nc2sccn12. The fourth-order valence-corrected chi connectivity index (χ4v) is 4.01. The van der Waals surface area contributed by atoms with Gasteiger partial charge in [0.05, 0.1) is 6.61 Å². The lowest BCUT2D eigenvalue weighted by molar-refractivity contribution is 0.185. The summed E-state index contributed by atoms with van der Waals surface area (Å²) >= 11 is 7.24. The van der Waals surface area contributed by atoms with E-state index < -0.39 is 10.0 Å². The number of methoxy groups -OCH3 is 1. The van der Waals surface area contributed by atoms with E-state index in [1.807, 2.05) is 0 Å². The Morgan fingerprint density at radius 1 is 1.61 bits per heavy atom. The molecule has 0 aliphatic rings. The number of ether oxygens (including phenoxy) is 1. The molecule has 0 N–H and O–H groups in total. The maximum absolute atomic E-state index is 12.4. The Morgan fingerprint density at radius 2 is 2.33 bits per heavy atom. The van der Waals surface area contributed by atoms with Gasteiger partial charge in [-0.15, -0.1) is 11.3 Å². The zero-order valence-electron chi connectivity index (χ0n) is 9.83. The zero-order valence-corrected chi connectivity index (χ0v) is 12.2. The van der Waals surface area contributed by atoms with Crippen LogP contribution >= 0.6 is 22.9 Å². The molecular weight excluding hydrogens is 298 g/mol. The van der Waals surface area contributed by atoms with Gasteiger partial charge in [0.15, 0.2) is 15.1 Å². The van der Waals surface area contributed by atoms with Gasteiger partial charge in [0.2, 0.25) is 0 Å². The molecule has 0 saturated heterocycles. The summed E-state index contributed by atoms with van der Waals surface area (Å²) in [6.07, 6.45) is 1.63. The van der Waals surface area contributed by atoms with Crippen molar-refractivity contribution in [2.45, 2.75) is 5.03 Å².